The molecule has 150 valence electrons. The van der Waals surface area contributed by atoms with Crippen LogP contribution in [0.5, 0.6) is 0 Å². The highest BCUT2D eigenvalue weighted by Crippen LogP contribution is 2.30. The number of aromatic nitrogens is 2. The zero-order valence-corrected chi connectivity index (χ0v) is 16.2. The van der Waals surface area contributed by atoms with Crippen molar-refractivity contribution in [2.45, 2.75) is 32.4 Å². The van der Waals surface area contributed by atoms with E-state index in [2.05, 4.69) is 38.2 Å². The van der Waals surface area contributed by atoms with Gasteiger partial charge in [0.25, 0.3) is 0 Å². The third kappa shape index (κ3) is 3.29. The Hall–Kier alpha value is -2.39. The van der Waals surface area contributed by atoms with Gasteiger partial charge in [0.05, 0.1) is 6.54 Å². The molecule has 2 N–H and O–H groups in total. The highest BCUT2D eigenvalue weighted by Gasteiger charge is 2.40. The van der Waals surface area contributed by atoms with Crippen LogP contribution in [0.4, 0.5) is 4.79 Å². The number of ether oxygens (including phenoxy) is 1. The summed E-state index contributed by atoms with van der Waals surface area (Å²) < 4.78 is 5.46. The van der Waals surface area contributed by atoms with Crippen LogP contribution in [-0.2, 0) is 11.3 Å². The molecule has 4 aliphatic heterocycles. The summed E-state index contributed by atoms with van der Waals surface area (Å²) in [5.41, 5.74) is 0. The van der Waals surface area contributed by atoms with Crippen LogP contribution in [-0.4, -0.2) is 75.5 Å². The number of urea groups is 1. The minimum atomic E-state index is -0.0671. The molecule has 1 aromatic heterocycles. The van der Waals surface area contributed by atoms with Crippen LogP contribution in [0.3, 0.4) is 0 Å². The van der Waals surface area contributed by atoms with Gasteiger partial charge in [-0.1, -0.05) is 6.92 Å². The molecule has 0 saturated carbocycles. The average Bonchev–Trinajstić information content (AvgIpc) is 3.43. The monoisotopic (exact) mass is 385 g/mol. The summed E-state index contributed by atoms with van der Waals surface area (Å²) >= 11 is 0. The summed E-state index contributed by atoms with van der Waals surface area (Å²) in [5.74, 6) is 3.19. The molecule has 0 radical (unpaired) electrons. The summed E-state index contributed by atoms with van der Waals surface area (Å²) in [6.45, 7) is 7.02. The second-order valence-electron chi connectivity index (χ2n) is 8.16. The number of fused-ring (bicyclic) bond motifs is 1. The van der Waals surface area contributed by atoms with E-state index >= 15 is 0 Å². The van der Waals surface area contributed by atoms with Crippen molar-refractivity contribution in [1.29, 1.82) is 0 Å². The molecule has 2 atom stereocenters. The zero-order chi connectivity index (χ0) is 19.1. The van der Waals surface area contributed by atoms with E-state index in [-0.39, 0.29) is 11.9 Å². The van der Waals surface area contributed by atoms with E-state index in [0.717, 1.165) is 63.2 Å². The van der Waals surface area contributed by atoms with Gasteiger partial charge in [-0.05, 0) is 18.8 Å². The molecular formula is C19H27N7O2. The van der Waals surface area contributed by atoms with Gasteiger partial charge in [0.2, 0.25) is 0 Å². The molecule has 4 aliphatic rings. The van der Waals surface area contributed by atoms with E-state index in [1.54, 1.807) is 11.1 Å². The smallest absolute Gasteiger partial charge is 0.329 e. The van der Waals surface area contributed by atoms with E-state index in [4.69, 9.17) is 9.73 Å². The Labute approximate surface area is 164 Å². The van der Waals surface area contributed by atoms with Crippen molar-refractivity contribution in [3.05, 3.63) is 30.2 Å². The van der Waals surface area contributed by atoms with Gasteiger partial charge in [-0.2, -0.15) is 0 Å². The SMILES string of the molecule is CC1CN(Cc2ncc[nH]2)CC1C1=NC2=CN(C3CCOCC3)CN2C(=O)N1. The van der Waals surface area contributed by atoms with Crippen molar-refractivity contribution in [3.63, 3.8) is 0 Å². The lowest BCUT2D eigenvalue weighted by Gasteiger charge is -2.32. The first kappa shape index (κ1) is 17.7. The van der Waals surface area contributed by atoms with Gasteiger partial charge >= 0.3 is 6.03 Å². The summed E-state index contributed by atoms with van der Waals surface area (Å²) in [6.07, 6.45) is 7.68. The Bertz CT molecular complexity index is 784. The van der Waals surface area contributed by atoms with Crippen LogP contribution in [0.1, 0.15) is 25.6 Å². The molecular weight excluding hydrogens is 358 g/mol. The highest BCUT2D eigenvalue weighted by molar-refractivity contribution is 6.02. The number of nitrogens with zero attached hydrogens (tertiary/aromatic N) is 5. The fourth-order valence-electron chi connectivity index (χ4n) is 4.64. The van der Waals surface area contributed by atoms with Crippen LogP contribution < -0.4 is 5.32 Å². The van der Waals surface area contributed by atoms with Gasteiger partial charge < -0.3 is 14.6 Å². The number of nitrogens with one attached hydrogen (secondary N) is 2. The molecule has 2 unspecified atom stereocenters. The van der Waals surface area contributed by atoms with Gasteiger partial charge in [0.15, 0.2) is 5.82 Å². The normalized spacial score (nSPS) is 29.0. The molecule has 0 aliphatic carbocycles. The maximum atomic E-state index is 12.7. The number of hydrogen-bond donors (Lipinski definition) is 2. The lowest BCUT2D eigenvalue weighted by atomic mass is 9.96. The number of amides is 2. The van der Waals surface area contributed by atoms with Crippen LogP contribution in [0.25, 0.3) is 0 Å². The first-order chi connectivity index (χ1) is 13.7. The fraction of sp³-hybridized carbons (Fsp3) is 0.632. The molecule has 0 aromatic carbocycles. The number of rotatable bonds is 4. The molecule has 1 aromatic rings. The highest BCUT2D eigenvalue weighted by atomic mass is 16.5. The lowest BCUT2D eigenvalue weighted by Crippen LogP contribution is -2.50. The molecule has 5 rings (SSSR count). The van der Waals surface area contributed by atoms with Gasteiger partial charge in [0, 0.05) is 56.9 Å². The van der Waals surface area contributed by atoms with Crippen molar-refractivity contribution >= 4 is 11.9 Å². The van der Waals surface area contributed by atoms with Gasteiger partial charge in [-0.15, -0.1) is 0 Å². The van der Waals surface area contributed by atoms with Crippen molar-refractivity contribution in [1.82, 2.24) is 30.0 Å². The van der Waals surface area contributed by atoms with Gasteiger partial charge in [0.1, 0.15) is 18.3 Å². The summed E-state index contributed by atoms with van der Waals surface area (Å²) in [4.78, 5) is 31.4. The quantitative estimate of drug-likeness (QED) is 0.812. The Kier molecular flexibility index (Phi) is 4.56. The molecule has 0 bridgehead atoms. The van der Waals surface area contributed by atoms with Crippen LogP contribution in [0, 0.1) is 11.8 Å². The summed E-state index contributed by atoms with van der Waals surface area (Å²) in [5, 5.41) is 3.06. The Morgan fingerprint density at radius 1 is 1.29 bits per heavy atom. The number of carbonyl (C=O) groups excluding carboxylic acids is 1. The number of imidazole rings is 1. The van der Waals surface area contributed by atoms with Crippen LogP contribution in [0.15, 0.2) is 29.4 Å². The Balaban J connectivity index is 1.30. The predicted octanol–water partition coefficient (Wildman–Crippen LogP) is 1.15. The largest absolute Gasteiger partial charge is 0.381 e. The number of amidine groups is 1. The molecule has 2 saturated heterocycles. The van der Waals surface area contributed by atoms with Crippen LogP contribution in [0.2, 0.25) is 0 Å². The number of hydrogen-bond acceptors (Lipinski definition) is 6. The molecule has 9 heteroatoms. The van der Waals surface area contributed by atoms with E-state index in [1.165, 1.54) is 0 Å². The van der Waals surface area contributed by atoms with E-state index in [9.17, 15) is 4.79 Å². The van der Waals surface area contributed by atoms with Gasteiger partial charge in [-0.3, -0.25) is 15.1 Å². The minimum Gasteiger partial charge on any atom is -0.381 e. The number of aliphatic imine (C=N–C) groups is 1. The number of H-pyrrole nitrogens is 1. The molecule has 2 fully saturated rings. The molecule has 2 amide bonds. The first-order valence-corrected chi connectivity index (χ1v) is 10.1. The molecule has 9 nitrogen and oxygen atoms in total. The van der Waals surface area contributed by atoms with Crippen molar-refractivity contribution in [3.8, 4) is 0 Å². The third-order valence-electron chi connectivity index (χ3n) is 6.20. The molecule has 5 heterocycles. The topological polar surface area (TPSA) is 89.1 Å². The van der Waals surface area contributed by atoms with E-state index < -0.39 is 0 Å². The van der Waals surface area contributed by atoms with Crippen molar-refractivity contribution < 1.29 is 9.53 Å². The van der Waals surface area contributed by atoms with E-state index in [1.807, 2.05) is 6.20 Å². The molecule has 0 spiro atoms. The standard InChI is InChI=1S/C19H27N7O2/c1-13-8-24(10-16-20-4-5-21-16)9-15(13)18-22-17-11-25(12-26(17)19(27)23-18)14-2-6-28-7-3-14/h4-5,11,13-15H,2-3,6-10,12H2,1H3,(H,20,21)(H,22,23,27). The zero-order valence-electron chi connectivity index (χ0n) is 16.2. The Morgan fingerprint density at radius 3 is 2.93 bits per heavy atom. The van der Waals surface area contributed by atoms with Crippen LogP contribution >= 0.6 is 0 Å². The maximum Gasteiger partial charge on any atom is 0.329 e. The lowest BCUT2D eigenvalue weighted by molar-refractivity contribution is 0.0459. The van der Waals surface area contributed by atoms with E-state index in [0.29, 0.717) is 18.6 Å². The van der Waals surface area contributed by atoms with Crippen molar-refractivity contribution in [2.24, 2.45) is 16.8 Å². The second-order valence-corrected chi connectivity index (χ2v) is 8.16. The molecule has 28 heavy (non-hydrogen) atoms. The maximum absolute atomic E-state index is 12.7. The van der Waals surface area contributed by atoms with Crippen molar-refractivity contribution in [2.75, 3.05) is 33.0 Å². The summed E-state index contributed by atoms with van der Waals surface area (Å²) in [6, 6.07) is 0.356. The minimum absolute atomic E-state index is 0.0671. The number of likely N-dealkylation sites (tertiary alicyclic amines) is 1. The first-order valence-electron chi connectivity index (χ1n) is 10.1. The Morgan fingerprint density at radius 2 is 2.14 bits per heavy atom. The second kappa shape index (κ2) is 7.21. The number of aromatic amines is 1. The van der Waals surface area contributed by atoms with Gasteiger partial charge in [-0.25, -0.2) is 14.8 Å². The summed E-state index contributed by atoms with van der Waals surface area (Å²) in [7, 11) is 0. The average molecular weight is 385 g/mol. The number of carbonyl (C=O) groups is 1. The fourth-order valence-corrected chi connectivity index (χ4v) is 4.64. The third-order valence-corrected chi connectivity index (χ3v) is 6.20. The predicted molar refractivity (Wildman–Crippen MR) is 103 cm³/mol.